The zero-order chi connectivity index (χ0) is 86.7. The van der Waals surface area contributed by atoms with Crippen LogP contribution in [0.25, 0.3) is 86.7 Å². The van der Waals surface area contributed by atoms with Crippen LogP contribution < -0.4 is 0 Å². The number of aromatic nitrogens is 10. The number of fused-ring (bicyclic) bond motifs is 5. The summed E-state index contributed by atoms with van der Waals surface area (Å²) in [5.74, 6) is -2.24. The van der Waals surface area contributed by atoms with E-state index >= 15 is 0 Å². The number of aryl methyl sites for hydroxylation is 5. The maximum Gasteiger partial charge on any atom is 0.189 e. The zero-order valence-corrected chi connectivity index (χ0v) is 69.6. The fourth-order valence-electron chi connectivity index (χ4n) is 15.5. The summed E-state index contributed by atoms with van der Waals surface area (Å²) in [7, 11) is 0. The smallest absolute Gasteiger partial charge is 0.189 e. The quantitative estimate of drug-likeness (QED) is 0.0525. The van der Waals surface area contributed by atoms with Gasteiger partial charge in [0.25, 0.3) is 0 Å². The van der Waals surface area contributed by atoms with Gasteiger partial charge in [0.15, 0.2) is 40.6 Å². The summed E-state index contributed by atoms with van der Waals surface area (Å²) in [6.07, 6.45) is 12.3. The minimum atomic E-state index is -0.919. The summed E-state index contributed by atoms with van der Waals surface area (Å²) in [6.45, 7) is 9.89. The summed E-state index contributed by atoms with van der Waals surface area (Å²) >= 11 is 17.9. The van der Waals surface area contributed by atoms with Gasteiger partial charge >= 0.3 is 0 Å². The Hall–Kier alpha value is -14.2. The standard InChI is InChI=1S/C21H17FN2O2.C20H14Cl2N2O.C20H15ClN2O.C20H14F2N2O.C20H15FN2O/c1-12-2-4-17-14(6-12)8-15(21(17)26)9-16-10-20(24-23-16)18-5-3-13(11-25)7-19(18)22;1-11-2-4-16-13(6-11)7-14(20(16)25)8-15-10-19(24-23-15)12-3-5-17(21)18(22)9-12;1-12-2-7-18-14(8-12)9-15(20(18)24)10-17-11-19(23-22-17)13-3-5-16(21)6-4-13;1-11-2-4-16-13(6-11)7-14(20(16)25)8-15-10-19(24-23-15)12-3-5-17(21)18(22)9-12;1-12-2-7-18-14(8-12)9-15(20(18)24)10-17-11-19(23-22-17)13-3-5-16(21)6-4-13/h2-7,9-10,25H,8,11H2,1H3,(H,23,24);2-6,8-10H,7H2,1H3,(H,23,24);2-8,10-11H,9H2,1H3,(H,22,23);2-6,8-10H,7H2,1H3,(H,23,24);2-8,10-11H,9H2,1H3,(H,22,23)/b15-9+;14-8+;15-10+;14-8+;15-10+. The number of aliphatic hydroxyl groups excluding tert-OH is 1. The topological polar surface area (TPSA) is 249 Å². The molecule has 15 aromatic rings. The third-order valence-corrected chi connectivity index (χ3v) is 22.7. The molecule has 16 nitrogen and oxygen atoms in total. The third kappa shape index (κ3) is 18.7. The zero-order valence-electron chi connectivity index (χ0n) is 67.4. The van der Waals surface area contributed by atoms with Crippen LogP contribution in [0, 0.1) is 57.9 Å². The van der Waals surface area contributed by atoms with Crippen molar-refractivity contribution in [2.45, 2.75) is 73.3 Å². The van der Waals surface area contributed by atoms with Crippen molar-refractivity contribution in [1.29, 1.82) is 0 Å². The largest absolute Gasteiger partial charge is 0.392 e. The minimum absolute atomic E-state index is 0.0129. The number of ketones is 5. The van der Waals surface area contributed by atoms with Gasteiger partial charge in [-0.05, 0) is 208 Å². The second-order valence-electron chi connectivity index (χ2n) is 31.0. The molecule has 0 fully saturated rings. The number of nitrogens with one attached hydrogen (secondary N) is 5. The van der Waals surface area contributed by atoms with Gasteiger partial charge in [-0.15, -0.1) is 0 Å². The Kier molecular flexibility index (Phi) is 24.2. The van der Waals surface area contributed by atoms with Crippen molar-refractivity contribution in [3.05, 3.63) is 408 Å². The molecule has 0 atom stereocenters. The van der Waals surface area contributed by atoms with Crippen LogP contribution in [0.15, 0.2) is 252 Å². The summed E-state index contributed by atoms with van der Waals surface area (Å²) in [5, 5.41) is 46.5. The Balaban J connectivity index is 0.000000115. The Morgan fingerprint density at radius 1 is 0.298 bits per heavy atom. The molecule has 5 heterocycles. The molecule has 0 amide bonds. The highest BCUT2D eigenvalue weighted by molar-refractivity contribution is 6.42. The molecule has 5 aliphatic rings. The van der Waals surface area contributed by atoms with E-state index in [9.17, 15) is 41.5 Å². The Morgan fingerprint density at radius 3 is 0.927 bits per heavy atom. The first kappa shape index (κ1) is 83.5. The van der Waals surface area contributed by atoms with E-state index in [1.807, 2.05) is 174 Å². The van der Waals surface area contributed by atoms with E-state index in [2.05, 4.69) is 69.2 Å². The lowest BCUT2D eigenvalue weighted by Gasteiger charge is -2.01. The van der Waals surface area contributed by atoms with Crippen molar-refractivity contribution < 1.29 is 46.6 Å². The number of halogens is 7. The molecule has 5 aliphatic carbocycles. The van der Waals surface area contributed by atoms with E-state index in [-0.39, 0.29) is 41.3 Å². The van der Waals surface area contributed by atoms with E-state index in [1.165, 1.54) is 29.8 Å². The number of allylic oxidation sites excluding steroid dienone is 5. The van der Waals surface area contributed by atoms with Crippen molar-refractivity contribution in [3.8, 4) is 56.3 Å². The van der Waals surface area contributed by atoms with E-state index in [1.54, 1.807) is 60.7 Å². The predicted molar refractivity (Wildman–Crippen MR) is 477 cm³/mol. The highest BCUT2D eigenvalue weighted by Crippen LogP contribution is 2.37. The van der Waals surface area contributed by atoms with Gasteiger partial charge in [0.05, 0.1) is 73.6 Å². The molecule has 23 heteroatoms. The van der Waals surface area contributed by atoms with Crippen LogP contribution in [0.3, 0.4) is 0 Å². The first-order chi connectivity index (χ1) is 59.8. The van der Waals surface area contributed by atoms with Crippen LogP contribution in [0.2, 0.25) is 15.1 Å². The molecular weight excluding hydrogens is 1630 g/mol. The van der Waals surface area contributed by atoms with Crippen molar-refractivity contribution in [3.63, 3.8) is 0 Å². The first-order valence-electron chi connectivity index (χ1n) is 39.6. The molecule has 5 aromatic heterocycles. The fourth-order valence-corrected chi connectivity index (χ4v) is 15.9. The third-order valence-electron chi connectivity index (χ3n) is 21.7. The number of rotatable bonds is 11. The maximum atomic E-state index is 14.2. The van der Waals surface area contributed by atoms with Crippen molar-refractivity contribution in [1.82, 2.24) is 51.0 Å². The van der Waals surface area contributed by atoms with Crippen molar-refractivity contribution in [2.24, 2.45) is 0 Å². The molecule has 0 spiro atoms. The van der Waals surface area contributed by atoms with Gasteiger partial charge < -0.3 is 5.11 Å². The van der Waals surface area contributed by atoms with Gasteiger partial charge in [0.2, 0.25) is 0 Å². The average Bonchev–Trinajstić information content (AvgIpc) is 1.66. The number of carbonyl (C=O) groups excluding carboxylic acids is 5. The molecular formula is C101H75Cl3F4N10O6. The minimum Gasteiger partial charge on any atom is -0.392 e. The highest BCUT2D eigenvalue weighted by atomic mass is 35.5. The molecule has 0 saturated heterocycles. The van der Waals surface area contributed by atoms with Crippen molar-refractivity contribution in [2.75, 3.05) is 0 Å². The summed E-state index contributed by atoms with van der Waals surface area (Å²) < 4.78 is 53.6. The number of Topliss-reactive ketones (excluding diaryl/α,β-unsaturated/α-hetero) is 5. The predicted octanol–water partition coefficient (Wildman–Crippen LogP) is 23.0. The lowest BCUT2D eigenvalue weighted by molar-refractivity contribution is 0.103. The highest BCUT2D eigenvalue weighted by Gasteiger charge is 2.30. The first-order valence-corrected chi connectivity index (χ1v) is 40.7. The van der Waals surface area contributed by atoms with Crippen LogP contribution in [0.1, 0.15) is 141 Å². The SMILES string of the molecule is Cc1ccc2c(c1)C/C(=C\c1cc(-c3ccc(CO)cc3F)n[nH]1)C2=O.Cc1ccc2c(c1)C/C(=C\c1cc(-c3ccc(Cl)c(Cl)c3)n[nH]1)C2=O.Cc1ccc2c(c1)C/C(=C\c1cc(-c3ccc(Cl)cc3)n[nH]1)C2=O.Cc1ccc2c(c1)C/C(=C\c1cc(-c3ccc(F)c(F)c3)n[nH]1)C2=O.Cc1ccc2c(c1)C/C(=C\c1cc(-c3ccc(F)cc3)n[nH]1)C2=O. The normalized spacial score (nSPS) is 15.0. The molecule has 124 heavy (non-hydrogen) atoms. The lowest BCUT2D eigenvalue weighted by Crippen LogP contribution is -1.95. The number of nitrogens with zero attached hydrogens (tertiary/aromatic N) is 5. The van der Waals surface area contributed by atoms with Gasteiger partial charge in [-0.25, -0.2) is 17.6 Å². The number of H-pyrrole nitrogens is 5. The van der Waals surface area contributed by atoms with E-state index in [0.29, 0.717) is 97.8 Å². The average molecular weight is 1710 g/mol. The summed E-state index contributed by atoms with van der Waals surface area (Å²) in [5.41, 5.74) is 29.5. The number of carbonyl (C=O) groups is 5. The molecule has 20 rings (SSSR count). The Morgan fingerprint density at radius 2 is 0.597 bits per heavy atom. The van der Waals surface area contributed by atoms with Gasteiger partial charge in [0, 0.05) is 121 Å². The molecule has 0 aliphatic heterocycles. The van der Waals surface area contributed by atoms with E-state index in [4.69, 9.17) is 39.9 Å². The Labute approximate surface area is 724 Å². The van der Waals surface area contributed by atoms with Gasteiger partial charge in [0.1, 0.15) is 11.6 Å². The van der Waals surface area contributed by atoms with Crippen molar-refractivity contribution >= 4 is 94.1 Å². The maximum absolute atomic E-state index is 14.2. The molecule has 6 N–H and O–H groups in total. The van der Waals surface area contributed by atoms with Crippen LogP contribution in [-0.2, 0) is 38.7 Å². The number of aromatic amines is 5. The molecule has 0 saturated carbocycles. The van der Waals surface area contributed by atoms with Crippen LogP contribution >= 0.6 is 34.8 Å². The molecule has 0 radical (unpaired) electrons. The van der Waals surface area contributed by atoms with Gasteiger partial charge in [-0.3, -0.25) is 49.5 Å². The molecule has 0 bridgehead atoms. The van der Waals surface area contributed by atoms with Crippen LogP contribution in [0.4, 0.5) is 17.6 Å². The molecule has 614 valence electrons. The van der Waals surface area contributed by atoms with E-state index in [0.717, 1.165) is 158 Å². The number of hydrogen-bond acceptors (Lipinski definition) is 11. The van der Waals surface area contributed by atoms with E-state index < -0.39 is 17.5 Å². The second-order valence-corrected chi connectivity index (χ2v) is 32.2. The Bertz CT molecular complexity index is 6650. The number of aliphatic hydroxyl groups is 1. The van der Waals surface area contributed by atoms with Gasteiger partial charge in [-0.2, -0.15) is 25.5 Å². The lowest BCUT2D eigenvalue weighted by atomic mass is 10.1. The summed E-state index contributed by atoms with van der Waals surface area (Å²) in [6, 6.07) is 65.9. The molecule has 0 unspecified atom stereocenters. The molecule has 10 aromatic carbocycles. The summed E-state index contributed by atoms with van der Waals surface area (Å²) in [4.78, 5) is 62.5. The fraction of sp³-hybridized carbons (Fsp3) is 0.109. The van der Waals surface area contributed by atoms with Crippen LogP contribution in [0.5, 0.6) is 0 Å². The second kappa shape index (κ2) is 35.9. The monoisotopic (exact) mass is 1700 g/mol. The van der Waals surface area contributed by atoms with Gasteiger partial charge in [-0.1, -0.05) is 178 Å². The van der Waals surface area contributed by atoms with Crippen LogP contribution in [-0.4, -0.2) is 85.0 Å². The number of benzene rings is 10. The number of hydrogen-bond donors (Lipinski definition) is 6.